The fraction of sp³-hybridized carbons (Fsp3) is 0.417. The van der Waals surface area contributed by atoms with Gasteiger partial charge >= 0.3 is 0 Å². The van der Waals surface area contributed by atoms with E-state index < -0.39 is 5.97 Å². The van der Waals surface area contributed by atoms with Crippen LogP contribution in [0.5, 0.6) is 5.75 Å². The maximum atomic E-state index is 10.5. The highest BCUT2D eigenvalue weighted by molar-refractivity contribution is 5.85. The van der Waals surface area contributed by atoms with Crippen LogP contribution in [0.3, 0.4) is 0 Å². The second kappa shape index (κ2) is 7.65. The first-order chi connectivity index (χ1) is 8.24. The molecular formula is C12H15O5-. The first kappa shape index (κ1) is 13.5. The Hall–Kier alpha value is -1.59. The standard InChI is InChI=1S/C12H16O5/c1-15-6-7-16-8-9-17-11-4-2-10(3-5-11)12(13)14/h2-5H,6-9H2,1H3,(H,13,14)/p-1. The van der Waals surface area contributed by atoms with Gasteiger partial charge < -0.3 is 24.1 Å². The maximum Gasteiger partial charge on any atom is 0.119 e. The molecule has 0 saturated carbocycles. The van der Waals surface area contributed by atoms with Crippen LogP contribution in [0.15, 0.2) is 24.3 Å². The Balaban J connectivity index is 2.21. The third-order valence-corrected chi connectivity index (χ3v) is 2.02. The number of aromatic carboxylic acids is 1. The Morgan fingerprint density at radius 3 is 2.35 bits per heavy atom. The van der Waals surface area contributed by atoms with E-state index in [2.05, 4.69) is 0 Å². The molecule has 1 rings (SSSR count). The fourth-order valence-corrected chi connectivity index (χ4v) is 1.15. The van der Waals surface area contributed by atoms with Crippen molar-refractivity contribution in [3.8, 4) is 5.75 Å². The van der Waals surface area contributed by atoms with Crippen LogP contribution in [-0.2, 0) is 9.47 Å². The van der Waals surface area contributed by atoms with Crippen LogP contribution in [-0.4, -0.2) is 39.5 Å². The third-order valence-electron chi connectivity index (χ3n) is 2.02. The van der Waals surface area contributed by atoms with Gasteiger partial charge in [0.2, 0.25) is 0 Å². The lowest BCUT2D eigenvalue weighted by molar-refractivity contribution is -0.255. The Bertz CT molecular complexity index is 333. The number of hydrogen-bond acceptors (Lipinski definition) is 5. The molecule has 0 saturated heterocycles. The number of carboxylic acid groups (broad SMARTS) is 1. The number of methoxy groups -OCH3 is 1. The van der Waals surface area contributed by atoms with E-state index in [1.807, 2.05) is 0 Å². The molecule has 5 nitrogen and oxygen atoms in total. The number of rotatable bonds is 8. The predicted octanol–water partition coefficient (Wildman–Crippen LogP) is 0.0919. The molecule has 5 heteroatoms. The van der Waals surface area contributed by atoms with Crippen molar-refractivity contribution in [3.05, 3.63) is 29.8 Å². The van der Waals surface area contributed by atoms with E-state index in [0.717, 1.165) is 0 Å². The summed E-state index contributed by atoms with van der Waals surface area (Å²) in [6.07, 6.45) is 0. The Kier molecular flexibility index (Phi) is 6.06. The quantitative estimate of drug-likeness (QED) is 0.601. The molecule has 0 N–H and O–H groups in total. The van der Waals surface area contributed by atoms with Crippen molar-refractivity contribution >= 4 is 5.97 Å². The summed E-state index contributed by atoms with van der Waals surface area (Å²) in [6.45, 7) is 1.96. The van der Waals surface area contributed by atoms with Gasteiger partial charge in [-0.2, -0.15) is 0 Å². The van der Waals surface area contributed by atoms with Gasteiger partial charge in [-0.1, -0.05) is 0 Å². The summed E-state index contributed by atoms with van der Waals surface area (Å²) in [6, 6.07) is 6.05. The number of carboxylic acids is 1. The summed E-state index contributed by atoms with van der Waals surface area (Å²) in [5, 5.41) is 10.5. The van der Waals surface area contributed by atoms with Gasteiger partial charge in [0.15, 0.2) is 0 Å². The third kappa shape index (κ3) is 5.33. The minimum absolute atomic E-state index is 0.133. The molecule has 0 fully saturated rings. The fourth-order valence-electron chi connectivity index (χ4n) is 1.15. The van der Waals surface area contributed by atoms with Crippen molar-refractivity contribution in [1.82, 2.24) is 0 Å². The summed E-state index contributed by atoms with van der Waals surface area (Å²) in [5.41, 5.74) is 0.133. The molecule has 0 aromatic heterocycles. The Morgan fingerprint density at radius 2 is 1.76 bits per heavy atom. The van der Waals surface area contributed by atoms with Gasteiger partial charge in [0.1, 0.15) is 12.4 Å². The monoisotopic (exact) mass is 239 g/mol. The van der Waals surface area contributed by atoms with Crippen LogP contribution in [0.2, 0.25) is 0 Å². The number of benzene rings is 1. The normalized spacial score (nSPS) is 10.2. The number of carbonyl (C=O) groups excluding carboxylic acids is 1. The van der Waals surface area contributed by atoms with Gasteiger partial charge in [0, 0.05) is 7.11 Å². The Labute approximate surface area is 99.9 Å². The van der Waals surface area contributed by atoms with Crippen molar-refractivity contribution in [1.29, 1.82) is 0 Å². The van der Waals surface area contributed by atoms with E-state index >= 15 is 0 Å². The van der Waals surface area contributed by atoms with Gasteiger partial charge in [-0.15, -0.1) is 0 Å². The zero-order valence-electron chi connectivity index (χ0n) is 9.68. The summed E-state index contributed by atoms with van der Waals surface area (Å²) >= 11 is 0. The molecule has 0 spiro atoms. The van der Waals surface area contributed by atoms with E-state index in [4.69, 9.17) is 14.2 Å². The molecule has 0 aliphatic carbocycles. The summed E-state index contributed by atoms with van der Waals surface area (Å²) in [4.78, 5) is 10.5. The molecule has 94 valence electrons. The highest BCUT2D eigenvalue weighted by Crippen LogP contribution is 2.11. The average molecular weight is 239 g/mol. The van der Waals surface area contributed by atoms with Gasteiger partial charge in [-0.3, -0.25) is 0 Å². The number of carbonyl (C=O) groups is 1. The second-order valence-corrected chi connectivity index (χ2v) is 3.27. The van der Waals surface area contributed by atoms with Crippen LogP contribution in [0, 0.1) is 0 Å². The maximum absolute atomic E-state index is 10.5. The molecule has 0 radical (unpaired) electrons. The average Bonchev–Trinajstić information content (AvgIpc) is 2.34. The molecule has 1 aromatic rings. The minimum Gasteiger partial charge on any atom is -0.545 e. The highest BCUT2D eigenvalue weighted by Gasteiger charge is 1.96. The van der Waals surface area contributed by atoms with E-state index in [-0.39, 0.29) is 5.56 Å². The van der Waals surface area contributed by atoms with Crippen molar-refractivity contribution < 1.29 is 24.1 Å². The van der Waals surface area contributed by atoms with E-state index in [0.29, 0.717) is 32.2 Å². The lowest BCUT2D eigenvalue weighted by Gasteiger charge is -2.08. The van der Waals surface area contributed by atoms with E-state index in [1.54, 1.807) is 19.2 Å². The molecule has 17 heavy (non-hydrogen) atoms. The van der Waals surface area contributed by atoms with Crippen LogP contribution in [0.4, 0.5) is 0 Å². The van der Waals surface area contributed by atoms with Crippen LogP contribution < -0.4 is 9.84 Å². The number of ether oxygens (including phenoxy) is 3. The van der Waals surface area contributed by atoms with Gasteiger partial charge in [-0.05, 0) is 29.8 Å². The lowest BCUT2D eigenvalue weighted by Crippen LogP contribution is -2.21. The zero-order chi connectivity index (χ0) is 12.5. The molecule has 1 aromatic carbocycles. The summed E-state index contributed by atoms with van der Waals surface area (Å²) in [7, 11) is 1.61. The molecular weight excluding hydrogens is 224 g/mol. The largest absolute Gasteiger partial charge is 0.545 e. The minimum atomic E-state index is -1.19. The second-order valence-electron chi connectivity index (χ2n) is 3.27. The lowest BCUT2D eigenvalue weighted by atomic mass is 10.2. The Morgan fingerprint density at radius 1 is 1.12 bits per heavy atom. The van der Waals surface area contributed by atoms with E-state index in [9.17, 15) is 9.90 Å². The molecule has 0 heterocycles. The van der Waals surface area contributed by atoms with Gasteiger partial charge in [-0.25, -0.2) is 0 Å². The molecule has 0 aliphatic heterocycles. The highest BCUT2D eigenvalue weighted by atomic mass is 16.5. The van der Waals surface area contributed by atoms with Crippen LogP contribution in [0.1, 0.15) is 10.4 Å². The van der Waals surface area contributed by atoms with Crippen molar-refractivity contribution in [2.24, 2.45) is 0 Å². The SMILES string of the molecule is COCCOCCOc1ccc(C(=O)[O-])cc1. The predicted molar refractivity (Wildman–Crippen MR) is 59.0 cm³/mol. The smallest absolute Gasteiger partial charge is 0.119 e. The molecule has 0 bridgehead atoms. The van der Waals surface area contributed by atoms with Crippen LogP contribution in [0.25, 0.3) is 0 Å². The molecule has 0 atom stereocenters. The first-order valence-corrected chi connectivity index (χ1v) is 5.25. The molecule has 0 aliphatic rings. The number of hydrogen-bond donors (Lipinski definition) is 0. The van der Waals surface area contributed by atoms with E-state index in [1.165, 1.54) is 12.1 Å². The summed E-state index contributed by atoms with van der Waals surface area (Å²) in [5.74, 6) is -0.593. The van der Waals surface area contributed by atoms with Crippen molar-refractivity contribution in [2.75, 3.05) is 33.5 Å². The van der Waals surface area contributed by atoms with Crippen molar-refractivity contribution in [3.63, 3.8) is 0 Å². The summed E-state index contributed by atoms with van der Waals surface area (Å²) < 4.78 is 15.4. The van der Waals surface area contributed by atoms with Crippen LogP contribution >= 0.6 is 0 Å². The van der Waals surface area contributed by atoms with Crippen molar-refractivity contribution in [2.45, 2.75) is 0 Å². The van der Waals surface area contributed by atoms with Gasteiger partial charge in [0.25, 0.3) is 0 Å². The van der Waals surface area contributed by atoms with Gasteiger partial charge in [0.05, 0.1) is 25.8 Å². The molecule has 0 amide bonds. The first-order valence-electron chi connectivity index (χ1n) is 5.25. The topological polar surface area (TPSA) is 67.8 Å². The molecule has 0 unspecified atom stereocenters. The zero-order valence-corrected chi connectivity index (χ0v) is 9.68.